The molecule has 3 aromatic heterocycles. The molecule has 1 aliphatic rings. The van der Waals surface area contributed by atoms with Crippen LogP contribution in [0.25, 0.3) is 27.8 Å². The number of hydrogen-bond donors (Lipinski definition) is 2. The largest absolute Gasteiger partial charge is 0.496 e. The lowest BCUT2D eigenvalue weighted by molar-refractivity contribution is 0.143. The zero-order chi connectivity index (χ0) is 25.5. The summed E-state index contributed by atoms with van der Waals surface area (Å²) >= 11 is 0. The lowest BCUT2D eigenvalue weighted by atomic mass is 10.1. The van der Waals surface area contributed by atoms with Crippen LogP contribution < -0.4 is 15.8 Å². The van der Waals surface area contributed by atoms with Crippen LogP contribution in [0.4, 0.5) is 11.5 Å². The Bertz CT molecular complexity index is 1580. The van der Waals surface area contributed by atoms with Gasteiger partial charge in [0.1, 0.15) is 5.75 Å². The Morgan fingerprint density at radius 2 is 1.95 bits per heavy atom. The van der Waals surface area contributed by atoms with Crippen molar-refractivity contribution in [1.29, 1.82) is 0 Å². The first-order valence-corrected chi connectivity index (χ1v) is 12.9. The fourth-order valence-electron chi connectivity index (χ4n) is 5.30. The van der Waals surface area contributed by atoms with Crippen molar-refractivity contribution >= 4 is 28.1 Å². The van der Waals surface area contributed by atoms with E-state index in [1.54, 1.807) is 13.3 Å². The molecule has 0 spiro atoms. The zero-order valence-electron chi connectivity index (χ0n) is 21.6. The van der Waals surface area contributed by atoms with Gasteiger partial charge in [0.15, 0.2) is 11.5 Å². The van der Waals surface area contributed by atoms with Crippen molar-refractivity contribution in [3.8, 4) is 17.0 Å². The van der Waals surface area contributed by atoms with Crippen LogP contribution in [0.15, 0.2) is 61.2 Å². The summed E-state index contributed by atoms with van der Waals surface area (Å²) in [6.07, 6.45) is 8.99. The quantitative estimate of drug-likeness (QED) is 0.321. The Morgan fingerprint density at radius 1 is 1.08 bits per heavy atom. The van der Waals surface area contributed by atoms with Gasteiger partial charge < -0.3 is 24.8 Å². The summed E-state index contributed by atoms with van der Waals surface area (Å²) in [5, 5.41) is 4.76. The van der Waals surface area contributed by atoms with Crippen molar-refractivity contribution in [3.63, 3.8) is 0 Å². The van der Waals surface area contributed by atoms with Gasteiger partial charge in [-0.25, -0.2) is 9.97 Å². The molecule has 0 bridgehead atoms. The Morgan fingerprint density at radius 3 is 2.70 bits per heavy atom. The number of aromatic nitrogens is 4. The first-order valence-electron chi connectivity index (χ1n) is 12.9. The monoisotopic (exact) mass is 495 g/mol. The van der Waals surface area contributed by atoms with Crippen molar-refractivity contribution in [1.82, 2.24) is 23.8 Å². The number of fused-ring (bicyclic) bond motifs is 2. The molecule has 0 amide bonds. The minimum Gasteiger partial charge on any atom is -0.496 e. The standard InChI is InChI=1S/C29H33N7O/c1-4-19-6-8-23(13-27(19)37-3)32-28-29-31-10-11-36(29)18-25(33-28)20-7-9-24-21(14-34-16-22(30)17-34)15-35(5-2)26(24)12-20/h6-13,15,18,22H,4-5,14,16-17,30H2,1-3H3,(H,32,33). The fraction of sp³-hybridized carbons (Fsp3) is 0.310. The molecule has 4 heterocycles. The van der Waals surface area contributed by atoms with Gasteiger partial charge in [0.25, 0.3) is 0 Å². The van der Waals surface area contributed by atoms with E-state index in [9.17, 15) is 0 Å². The van der Waals surface area contributed by atoms with Gasteiger partial charge in [0.05, 0.1) is 12.8 Å². The third kappa shape index (κ3) is 4.32. The molecule has 5 aromatic rings. The van der Waals surface area contributed by atoms with Gasteiger partial charge in [-0.2, -0.15) is 0 Å². The molecule has 37 heavy (non-hydrogen) atoms. The molecule has 190 valence electrons. The van der Waals surface area contributed by atoms with Crippen molar-refractivity contribution in [2.24, 2.45) is 5.73 Å². The summed E-state index contributed by atoms with van der Waals surface area (Å²) < 4.78 is 9.93. The van der Waals surface area contributed by atoms with Gasteiger partial charge in [-0.05, 0) is 36.6 Å². The second-order valence-corrected chi connectivity index (χ2v) is 9.76. The molecule has 6 rings (SSSR count). The number of imidazole rings is 1. The summed E-state index contributed by atoms with van der Waals surface area (Å²) in [6.45, 7) is 8.09. The summed E-state index contributed by atoms with van der Waals surface area (Å²) in [5.74, 6) is 1.57. The number of benzene rings is 2. The SMILES string of the molecule is CCc1ccc(Nc2nc(-c3ccc4c(CN5CC(N)C5)cn(CC)c4c3)cn3ccnc23)cc1OC. The average molecular weight is 496 g/mol. The number of rotatable bonds is 8. The van der Waals surface area contributed by atoms with Crippen LogP contribution in [-0.2, 0) is 19.5 Å². The van der Waals surface area contributed by atoms with Crippen molar-refractivity contribution in [2.75, 3.05) is 25.5 Å². The molecule has 1 fully saturated rings. The molecule has 1 saturated heterocycles. The van der Waals surface area contributed by atoms with E-state index < -0.39 is 0 Å². The third-order valence-corrected chi connectivity index (χ3v) is 7.29. The predicted molar refractivity (Wildman–Crippen MR) is 149 cm³/mol. The highest BCUT2D eigenvalue weighted by molar-refractivity contribution is 5.88. The number of nitrogens with one attached hydrogen (secondary N) is 1. The maximum atomic E-state index is 6.00. The number of aryl methyl sites for hydroxylation is 2. The first kappa shape index (κ1) is 23.5. The fourth-order valence-corrected chi connectivity index (χ4v) is 5.30. The molecule has 1 aliphatic heterocycles. The number of nitrogens with two attached hydrogens (primary N) is 1. The molecule has 2 aromatic carbocycles. The Labute approximate surface area is 216 Å². The second-order valence-electron chi connectivity index (χ2n) is 9.76. The van der Waals surface area contributed by atoms with E-state index in [-0.39, 0.29) is 0 Å². The lowest BCUT2D eigenvalue weighted by Crippen LogP contribution is -2.54. The molecule has 0 saturated carbocycles. The third-order valence-electron chi connectivity index (χ3n) is 7.29. The lowest BCUT2D eigenvalue weighted by Gasteiger charge is -2.36. The van der Waals surface area contributed by atoms with Crippen LogP contribution >= 0.6 is 0 Å². The van der Waals surface area contributed by atoms with E-state index in [0.29, 0.717) is 11.9 Å². The van der Waals surface area contributed by atoms with Crippen LogP contribution in [-0.4, -0.2) is 50.1 Å². The molecule has 0 aliphatic carbocycles. The molecule has 8 nitrogen and oxygen atoms in total. The maximum Gasteiger partial charge on any atom is 0.180 e. The van der Waals surface area contributed by atoms with Crippen LogP contribution in [0.1, 0.15) is 25.0 Å². The molecule has 0 atom stereocenters. The first-order chi connectivity index (χ1) is 18.1. The summed E-state index contributed by atoms with van der Waals surface area (Å²) in [7, 11) is 1.70. The van der Waals surface area contributed by atoms with Crippen LogP contribution in [0.2, 0.25) is 0 Å². The minimum absolute atomic E-state index is 0.309. The van der Waals surface area contributed by atoms with E-state index >= 15 is 0 Å². The van der Waals surface area contributed by atoms with Crippen LogP contribution in [0.3, 0.4) is 0 Å². The van der Waals surface area contributed by atoms with Crippen LogP contribution in [0, 0.1) is 0 Å². The molecule has 3 N–H and O–H groups in total. The van der Waals surface area contributed by atoms with E-state index in [1.807, 2.05) is 22.9 Å². The topological polar surface area (TPSA) is 85.6 Å². The van der Waals surface area contributed by atoms with Gasteiger partial charge in [-0.15, -0.1) is 0 Å². The van der Waals surface area contributed by atoms with E-state index in [2.05, 4.69) is 70.1 Å². The average Bonchev–Trinajstić information content (AvgIpc) is 3.52. The number of nitrogens with zero attached hydrogens (tertiary/aromatic N) is 5. The van der Waals surface area contributed by atoms with E-state index in [1.165, 1.54) is 22.0 Å². The number of methoxy groups -OCH3 is 1. The molecule has 8 heteroatoms. The van der Waals surface area contributed by atoms with Crippen molar-refractivity contribution in [2.45, 2.75) is 39.4 Å². The highest BCUT2D eigenvalue weighted by Crippen LogP contribution is 2.31. The van der Waals surface area contributed by atoms with E-state index in [0.717, 1.165) is 60.9 Å². The van der Waals surface area contributed by atoms with Gasteiger partial charge in [0, 0.05) is 85.2 Å². The Hall–Kier alpha value is -3.88. The highest BCUT2D eigenvalue weighted by atomic mass is 16.5. The minimum atomic E-state index is 0.309. The number of ether oxygens (including phenoxy) is 1. The molecular formula is C29H33N7O. The summed E-state index contributed by atoms with van der Waals surface area (Å²) in [5.41, 5.74) is 13.4. The van der Waals surface area contributed by atoms with Gasteiger partial charge in [0.2, 0.25) is 0 Å². The normalized spacial score (nSPS) is 14.4. The number of anilines is 2. The molecular weight excluding hydrogens is 462 g/mol. The number of likely N-dealkylation sites (tertiary alicyclic amines) is 1. The number of hydrogen-bond acceptors (Lipinski definition) is 6. The predicted octanol–water partition coefficient (Wildman–Crippen LogP) is 4.83. The maximum absolute atomic E-state index is 6.00. The smallest absolute Gasteiger partial charge is 0.180 e. The van der Waals surface area contributed by atoms with Gasteiger partial charge in [-0.3, -0.25) is 4.90 Å². The zero-order valence-corrected chi connectivity index (χ0v) is 21.6. The van der Waals surface area contributed by atoms with Crippen molar-refractivity contribution in [3.05, 3.63) is 72.3 Å². The highest BCUT2D eigenvalue weighted by Gasteiger charge is 2.24. The second kappa shape index (κ2) is 9.53. The Balaban J connectivity index is 1.38. The molecule has 0 radical (unpaired) electrons. The Kier molecular flexibility index (Phi) is 6.06. The van der Waals surface area contributed by atoms with Crippen molar-refractivity contribution < 1.29 is 4.74 Å². The van der Waals surface area contributed by atoms with E-state index in [4.69, 9.17) is 15.5 Å². The molecule has 0 unspecified atom stereocenters. The summed E-state index contributed by atoms with van der Waals surface area (Å²) in [4.78, 5) is 12.0. The van der Waals surface area contributed by atoms with Crippen LogP contribution in [0.5, 0.6) is 5.75 Å². The van der Waals surface area contributed by atoms with Gasteiger partial charge >= 0.3 is 0 Å². The van der Waals surface area contributed by atoms with Gasteiger partial charge in [-0.1, -0.05) is 25.1 Å². The summed E-state index contributed by atoms with van der Waals surface area (Å²) in [6, 6.07) is 13.1.